The van der Waals surface area contributed by atoms with E-state index in [9.17, 15) is 0 Å². The number of halogens is 3. The Morgan fingerprint density at radius 2 is 1.50 bits per heavy atom. The molecular formula is C13H9Cl3N2. The van der Waals surface area contributed by atoms with Gasteiger partial charge in [-0.2, -0.15) is 5.10 Å². The number of hydrogen-bond acceptors (Lipinski definition) is 2. The van der Waals surface area contributed by atoms with Crippen LogP contribution >= 0.6 is 34.8 Å². The zero-order valence-electron chi connectivity index (χ0n) is 9.20. The van der Waals surface area contributed by atoms with Crippen LogP contribution in [-0.2, 0) is 0 Å². The van der Waals surface area contributed by atoms with Crippen molar-refractivity contribution >= 4 is 46.7 Å². The van der Waals surface area contributed by atoms with Crippen molar-refractivity contribution in [2.24, 2.45) is 5.10 Å². The van der Waals surface area contributed by atoms with Gasteiger partial charge in [0, 0.05) is 10.6 Å². The fraction of sp³-hybridized carbons (Fsp3) is 0. The largest absolute Gasteiger partial charge is 0.279 e. The monoisotopic (exact) mass is 298 g/mol. The van der Waals surface area contributed by atoms with Gasteiger partial charge in [-0.3, -0.25) is 5.43 Å². The highest BCUT2D eigenvalue weighted by Crippen LogP contribution is 2.22. The van der Waals surface area contributed by atoms with Crippen LogP contribution < -0.4 is 5.43 Å². The van der Waals surface area contributed by atoms with Gasteiger partial charge in [-0.05, 0) is 36.4 Å². The third-order valence-electron chi connectivity index (χ3n) is 2.23. The van der Waals surface area contributed by atoms with E-state index >= 15 is 0 Å². The molecule has 2 rings (SSSR count). The Morgan fingerprint density at radius 3 is 2.11 bits per heavy atom. The minimum Gasteiger partial charge on any atom is -0.279 e. The molecule has 5 heteroatoms. The van der Waals surface area contributed by atoms with Crippen LogP contribution in [0, 0.1) is 0 Å². The van der Waals surface area contributed by atoms with Crippen molar-refractivity contribution in [3.8, 4) is 0 Å². The lowest BCUT2D eigenvalue weighted by Gasteiger charge is -2.02. The fourth-order valence-electron chi connectivity index (χ4n) is 1.33. The maximum atomic E-state index is 6.01. The summed E-state index contributed by atoms with van der Waals surface area (Å²) in [5.41, 5.74) is 4.38. The average Bonchev–Trinajstić information content (AvgIpc) is 2.35. The van der Waals surface area contributed by atoms with Gasteiger partial charge in [0.1, 0.15) is 0 Å². The maximum absolute atomic E-state index is 6.01. The Morgan fingerprint density at radius 1 is 0.889 bits per heavy atom. The van der Waals surface area contributed by atoms with Crippen molar-refractivity contribution in [1.82, 2.24) is 0 Å². The lowest BCUT2D eigenvalue weighted by molar-refractivity contribution is 1.35. The van der Waals surface area contributed by atoms with E-state index in [-0.39, 0.29) is 0 Å². The first kappa shape index (κ1) is 13.2. The molecular weight excluding hydrogens is 291 g/mol. The van der Waals surface area contributed by atoms with E-state index in [4.69, 9.17) is 34.8 Å². The summed E-state index contributed by atoms with van der Waals surface area (Å²) in [6, 6.07) is 12.5. The summed E-state index contributed by atoms with van der Waals surface area (Å²) in [4.78, 5) is 0. The van der Waals surface area contributed by atoms with E-state index in [0.717, 1.165) is 5.69 Å². The molecule has 0 bridgehead atoms. The number of nitrogens with zero attached hydrogens (tertiary/aromatic N) is 1. The van der Waals surface area contributed by atoms with Crippen LogP contribution in [0.4, 0.5) is 5.69 Å². The first-order valence-electron chi connectivity index (χ1n) is 5.15. The van der Waals surface area contributed by atoms with Crippen LogP contribution in [0.15, 0.2) is 47.6 Å². The van der Waals surface area contributed by atoms with Crippen LogP contribution in [0.5, 0.6) is 0 Å². The molecule has 2 aromatic carbocycles. The van der Waals surface area contributed by atoms with Crippen molar-refractivity contribution in [2.45, 2.75) is 0 Å². The number of benzene rings is 2. The second kappa shape index (κ2) is 6.10. The average molecular weight is 300 g/mol. The molecule has 0 saturated heterocycles. The smallest absolute Gasteiger partial charge is 0.0574 e. The summed E-state index contributed by atoms with van der Waals surface area (Å²) in [5.74, 6) is 0. The Kier molecular flexibility index (Phi) is 4.48. The van der Waals surface area contributed by atoms with Gasteiger partial charge in [0.05, 0.1) is 21.9 Å². The quantitative estimate of drug-likeness (QED) is 0.619. The molecule has 0 heterocycles. The molecule has 2 nitrogen and oxygen atoms in total. The van der Waals surface area contributed by atoms with Crippen LogP contribution in [0.2, 0.25) is 15.1 Å². The van der Waals surface area contributed by atoms with Gasteiger partial charge < -0.3 is 0 Å². The maximum Gasteiger partial charge on any atom is 0.0574 e. The second-order valence-corrected chi connectivity index (χ2v) is 4.76. The van der Waals surface area contributed by atoms with Gasteiger partial charge in [0.15, 0.2) is 0 Å². The van der Waals surface area contributed by atoms with Gasteiger partial charge in [-0.15, -0.1) is 0 Å². The predicted molar refractivity (Wildman–Crippen MR) is 79.1 cm³/mol. The minimum atomic E-state index is 0.559. The molecule has 0 amide bonds. The fourth-order valence-corrected chi connectivity index (χ4v) is 1.95. The molecule has 0 fully saturated rings. The highest BCUT2D eigenvalue weighted by atomic mass is 35.5. The number of rotatable bonds is 3. The summed E-state index contributed by atoms with van der Waals surface area (Å²) in [7, 11) is 0. The summed E-state index contributed by atoms with van der Waals surface area (Å²) < 4.78 is 0. The zero-order chi connectivity index (χ0) is 13.0. The SMILES string of the molecule is Clc1ccc(N/N=C\c2c(Cl)cccc2Cl)cc1. The van der Waals surface area contributed by atoms with E-state index < -0.39 is 0 Å². The summed E-state index contributed by atoms with van der Waals surface area (Å²) >= 11 is 17.8. The molecule has 0 aromatic heterocycles. The normalized spacial score (nSPS) is 10.8. The third-order valence-corrected chi connectivity index (χ3v) is 3.14. The topological polar surface area (TPSA) is 24.4 Å². The minimum absolute atomic E-state index is 0.559. The highest BCUT2D eigenvalue weighted by molar-refractivity contribution is 6.38. The van der Waals surface area contributed by atoms with Crippen molar-refractivity contribution in [3.63, 3.8) is 0 Å². The molecule has 0 aliphatic rings. The number of nitrogens with one attached hydrogen (secondary N) is 1. The van der Waals surface area contributed by atoms with Crippen LogP contribution in [0.25, 0.3) is 0 Å². The molecule has 0 unspecified atom stereocenters. The summed E-state index contributed by atoms with van der Waals surface area (Å²) in [5, 5.41) is 5.87. The van der Waals surface area contributed by atoms with Gasteiger partial charge >= 0.3 is 0 Å². The molecule has 0 atom stereocenters. The molecule has 18 heavy (non-hydrogen) atoms. The van der Waals surface area contributed by atoms with E-state index in [1.54, 1.807) is 36.5 Å². The van der Waals surface area contributed by atoms with Gasteiger partial charge in [0.2, 0.25) is 0 Å². The van der Waals surface area contributed by atoms with E-state index in [0.29, 0.717) is 20.6 Å². The van der Waals surface area contributed by atoms with Crippen molar-refractivity contribution in [1.29, 1.82) is 0 Å². The molecule has 2 aromatic rings. The van der Waals surface area contributed by atoms with E-state index in [1.165, 1.54) is 0 Å². The molecule has 0 aliphatic carbocycles. The second-order valence-electron chi connectivity index (χ2n) is 3.51. The van der Waals surface area contributed by atoms with Gasteiger partial charge in [0.25, 0.3) is 0 Å². The third kappa shape index (κ3) is 3.39. The zero-order valence-corrected chi connectivity index (χ0v) is 11.5. The molecule has 0 saturated carbocycles. The molecule has 1 N–H and O–H groups in total. The van der Waals surface area contributed by atoms with Gasteiger partial charge in [-0.25, -0.2) is 0 Å². The molecule has 0 radical (unpaired) electrons. The Balaban J connectivity index is 2.10. The first-order chi connectivity index (χ1) is 8.66. The van der Waals surface area contributed by atoms with Crippen LogP contribution in [0.3, 0.4) is 0 Å². The van der Waals surface area contributed by atoms with E-state index in [1.807, 2.05) is 12.1 Å². The lowest BCUT2D eigenvalue weighted by atomic mass is 10.2. The predicted octanol–water partition coefficient (Wildman–Crippen LogP) is 5.09. The van der Waals surface area contributed by atoms with Crippen molar-refractivity contribution in [2.75, 3.05) is 5.43 Å². The Hall–Kier alpha value is -1.22. The Bertz CT molecular complexity index is 545. The van der Waals surface area contributed by atoms with Crippen molar-refractivity contribution in [3.05, 3.63) is 63.1 Å². The van der Waals surface area contributed by atoms with Crippen LogP contribution in [0.1, 0.15) is 5.56 Å². The first-order valence-corrected chi connectivity index (χ1v) is 6.29. The number of hydrogen-bond donors (Lipinski definition) is 1. The summed E-state index contributed by atoms with van der Waals surface area (Å²) in [6.45, 7) is 0. The standard InChI is InChI=1S/C13H9Cl3N2/c14-9-4-6-10(7-5-9)18-17-8-11-12(15)2-1-3-13(11)16/h1-8,18H/b17-8-. The molecule has 0 aliphatic heterocycles. The number of anilines is 1. The van der Waals surface area contributed by atoms with Crippen molar-refractivity contribution < 1.29 is 0 Å². The summed E-state index contributed by atoms with van der Waals surface area (Å²) in [6.07, 6.45) is 1.58. The van der Waals surface area contributed by atoms with E-state index in [2.05, 4.69) is 10.5 Å². The molecule has 92 valence electrons. The number of hydrazone groups is 1. The highest BCUT2D eigenvalue weighted by Gasteiger charge is 2.01. The Labute approximate surface area is 120 Å². The lowest BCUT2D eigenvalue weighted by Crippen LogP contribution is -1.91. The van der Waals surface area contributed by atoms with Gasteiger partial charge in [-0.1, -0.05) is 40.9 Å². The molecule has 0 spiro atoms. The van der Waals surface area contributed by atoms with Crippen LogP contribution in [-0.4, -0.2) is 6.21 Å².